The first-order chi connectivity index (χ1) is 9.47. The largest absolute Gasteiger partial charge is 0.385 e. The van der Waals surface area contributed by atoms with Gasteiger partial charge in [-0.2, -0.15) is 5.10 Å². The molecule has 0 spiro atoms. The second kappa shape index (κ2) is 7.61. The molecule has 0 aromatic carbocycles. The molecule has 1 heterocycles. The van der Waals surface area contributed by atoms with Gasteiger partial charge in [-0.15, -0.1) is 0 Å². The second-order valence-corrected chi connectivity index (χ2v) is 6.29. The number of aromatic nitrogens is 2. The summed E-state index contributed by atoms with van der Waals surface area (Å²) in [6.45, 7) is 4.86. The van der Waals surface area contributed by atoms with Crippen molar-refractivity contribution >= 4 is 15.8 Å². The predicted molar refractivity (Wildman–Crippen MR) is 77.9 cm³/mol. The summed E-state index contributed by atoms with van der Waals surface area (Å²) >= 11 is 0. The minimum absolute atomic E-state index is 0.0433. The fraction of sp³-hybridized carbons (Fsp3) is 0.750. The average Bonchev–Trinajstić information content (AvgIpc) is 2.79. The first-order valence-corrected chi connectivity index (χ1v) is 8.27. The molecule has 0 aliphatic carbocycles. The van der Waals surface area contributed by atoms with Gasteiger partial charge in [0.1, 0.15) is 10.7 Å². The van der Waals surface area contributed by atoms with Gasteiger partial charge in [0.25, 0.3) is 0 Å². The highest BCUT2D eigenvalue weighted by Crippen LogP contribution is 2.24. The number of hydrogen-bond donors (Lipinski definition) is 2. The third-order valence-electron chi connectivity index (χ3n) is 3.19. The Labute approximate surface area is 120 Å². The molecule has 8 heteroatoms. The zero-order chi connectivity index (χ0) is 15.2. The molecule has 0 unspecified atom stereocenters. The van der Waals surface area contributed by atoms with Crippen molar-refractivity contribution in [3.8, 4) is 0 Å². The Morgan fingerprint density at radius 1 is 1.45 bits per heavy atom. The van der Waals surface area contributed by atoms with Crippen molar-refractivity contribution < 1.29 is 13.2 Å². The molecule has 20 heavy (non-hydrogen) atoms. The number of hydrogen-bond acceptors (Lipinski definition) is 5. The number of nitrogens with two attached hydrogens (primary N) is 1. The van der Waals surface area contributed by atoms with Gasteiger partial charge in [0, 0.05) is 20.3 Å². The van der Waals surface area contributed by atoms with Crippen LogP contribution >= 0.6 is 0 Å². The number of rotatable bonds is 9. The molecule has 0 radical (unpaired) electrons. The molecular weight excluding hydrogens is 280 g/mol. The maximum atomic E-state index is 12.1. The molecule has 0 saturated heterocycles. The van der Waals surface area contributed by atoms with E-state index in [0.29, 0.717) is 19.6 Å². The second-order valence-electron chi connectivity index (χ2n) is 4.55. The first kappa shape index (κ1) is 16.9. The number of nitrogen functional groups attached to an aromatic ring is 1. The maximum absolute atomic E-state index is 12.1. The van der Waals surface area contributed by atoms with E-state index in [2.05, 4.69) is 9.82 Å². The van der Waals surface area contributed by atoms with Crippen LogP contribution in [0.1, 0.15) is 39.2 Å². The molecule has 1 aromatic heterocycles. The van der Waals surface area contributed by atoms with Crippen molar-refractivity contribution in [1.82, 2.24) is 14.5 Å². The van der Waals surface area contributed by atoms with Gasteiger partial charge < -0.3 is 10.5 Å². The van der Waals surface area contributed by atoms with E-state index in [4.69, 9.17) is 10.5 Å². The van der Waals surface area contributed by atoms with E-state index in [-0.39, 0.29) is 16.8 Å². The molecular formula is C12H24N4O3S. The zero-order valence-electron chi connectivity index (χ0n) is 12.3. The van der Waals surface area contributed by atoms with Gasteiger partial charge in [-0.1, -0.05) is 13.8 Å². The van der Waals surface area contributed by atoms with Crippen LogP contribution < -0.4 is 10.5 Å². The van der Waals surface area contributed by atoms with E-state index in [0.717, 1.165) is 12.8 Å². The van der Waals surface area contributed by atoms with Crippen LogP contribution in [0.3, 0.4) is 0 Å². The van der Waals surface area contributed by atoms with Crippen molar-refractivity contribution in [2.75, 3.05) is 26.0 Å². The summed E-state index contributed by atoms with van der Waals surface area (Å²) in [4.78, 5) is 0.0433. The molecule has 0 fully saturated rings. The Morgan fingerprint density at radius 3 is 2.65 bits per heavy atom. The molecule has 0 amide bonds. The smallest absolute Gasteiger partial charge is 0.245 e. The average molecular weight is 304 g/mol. The Morgan fingerprint density at radius 2 is 2.10 bits per heavy atom. The van der Waals surface area contributed by atoms with Crippen LogP contribution in [0.4, 0.5) is 5.82 Å². The van der Waals surface area contributed by atoms with Crippen molar-refractivity contribution in [2.45, 2.75) is 44.0 Å². The maximum Gasteiger partial charge on any atom is 0.245 e. The quantitative estimate of drug-likeness (QED) is 0.666. The van der Waals surface area contributed by atoms with Crippen molar-refractivity contribution in [3.63, 3.8) is 0 Å². The fourth-order valence-corrected chi connectivity index (χ4v) is 3.11. The Bertz CT molecular complexity index is 509. The molecule has 3 N–H and O–H groups in total. The summed E-state index contributed by atoms with van der Waals surface area (Å²) in [7, 11) is -2.04. The highest BCUT2D eigenvalue weighted by atomic mass is 32.2. The van der Waals surface area contributed by atoms with Gasteiger partial charge in [0.2, 0.25) is 10.0 Å². The van der Waals surface area contributed by atoms with E-state index in [1.54, 1.807) is 11.8 Å². The molecule has 7 nitrogen and oxygen atoms in total. The van der Waals surface area contributed by atoms with Gasteiger partial charge in [0.05, 0.1) is 12.2 Å². The van der Waals surface area contributed by atoms with Crippen LogP contribution in [0.25, 0.3) is 0 Å². The third-order valence-corrected chi connectivity index (χ3v) is 4.67. The van der Waals surface area contributed by atoms with Crippen LogP contribution in [0.15, 0.2) is 11.1 Å². The Hall–Kier alpha value is -1.12. The van der Waals surface area contributed by atoms with Gasteiger partial charge >= 0.3 is 0 Å². The molecule has 0 aliphatic heterocycles. The van der Waals surface area contributed by atoms with Crippen LogP contribution in [-0.4, -0.2) is 38.5 Å². The lowest BCUT2D eigenvalue weighted by molar-refractivity contribution is 0.196. The number of methoxy groups -OCH3 is 1. The van der Waals surface area contributed by atoms with Crippen molar-refractivity contribution in [3.05, 3.63) is 6.20 Å². The van der Waals surface area contributed by atoms with E-state index in [1.807, 2.05) is 13.8 Å². The molecule has 116 valence electrons. The van der Waals surface area contributed by atoms with Gasteiger partial charge in [0.15, 0.2) is 0 Å². The molecule has 0 saturated carbocycles. The van der Waals surface area contributed by atoms with Crippen molar-refractivity contribution in [2.24, 2.45) is 0 Å². The summed E-state index contributed by atoms with van der Waals surface area (Å²) in [6, 6.07) is 0.118. The van der Waals surface area contributed by atoms with Crippen molar-refractivity contribution in [1.29, 1.82) is 0 Å². The molecule has 0 bridgehead atoms. The van der Waals surface area contributed by atoms with Gasteiger partial charge in [-0.3, -0.25) is 0 Å². The lowest BCUT2D eigenvalue weighted by Gasteiger charge is -2.15. The zero-order valence-corrected chi connectivity index (χ0v) is 13.1. The van der Waals surface area contributed by atoms with Gasteiger partial charge in [-0.25, -0.2) is 17.8 Å². The van der Waals surface area contributed by atoms with Crippen LogP contribution in [0.5, 0.6) is 0 Å². The lowest BCUT2D eigenvalue weighted by atomic mass is 10.2. The summed E-state index contributed by atoms with van der Waals surface area (Å²) in [6.07, 6.45) is 3.62. The van der Waals surface area contributed by atoms with Crippen LogP contribution in [0.2, 0.25) is 0 Å². The standard InChI is InChI=1S/C12H24N4O3S/c1-4-10(5-2)16-12(13)11(9-14-16)20(17,18)15-7-6-8-19-3/h9-10,15H,4-8,13H2,1-3H3. The van der Waals surface area contributed by atoms with Crippen LogP contribution in [0, 0.1) is 0 Å². The third kappa shape index (κ3) is 3.94. The molecule has 0 aliphatic rings. The Balaban J connectivity index is 2.86. The summed E-state index contributed by atoms with van der Waals surface area (Å²) < 4.78 is 33.2. The normalized spacial score (nSPS) is 12.2. The minimum Gasteiger partial charge on any atom is -0.385 e. The number of nitrogens with one attached hydrogen (secondary N) is 1. The number of anilines is 1. The predicted octanol–water partition coefficient (Wildman–Crippen LogP) is 1.14. The van der Waals surface area contributed by atoms with E-state index in [1.165, 1.54) is 6.20 Å². The van der Waals surface area contributed by atoms with E-state index >= 15 is 0 Å². The number of sulfonamides is 1. The highest BCUT2D eigenvalue weighted by molar-refractivity contribution is 7.89. The summed E-state index contributed by atoms with van der Waals surface area (Å²) in [5.41, 5.74) is 5.93. The fourth-order valence-electron chi connectivity index (χ4n) is 1.99. The monoisotopic (exact) mass is 304 g/mol. The summed E-state index contributed by atoms with van der Waals surface area (Å²) in [5, 5.41) is 4.12. The van der Waals surface area contributed by atoms with Gasteiger partial charge in [-0.05, 0) is 19.3 Å². The molecule has 1 aromatic rings. The van der Waals surface area contributed by atoms with E-state index in [9.17, 15) is 8.42 Å². The topological polar surface area (TPSA) is 99.2 Å². The van der Waals surface area contributed by atoms with E-state index < -0.39 is 10.0 Å². The number of nitrogens with zero attached hydrogens (tertiary/aromatic N) is 2. The van der Waals surface area contributed by atoms with Crippen LogP contribution in [-0.2, 0) is 14.8 Å². The SMILES string of the molecule is CCC(CC)n1ncc(S(=O)(=O)NCCCOC)c1N. The molecule has 1 rings (SSSR count). The summed E-state index contributed by atoms with van der Waals surface area (Å²) in [5.74, 6) is 0.193. The lowest BCUT2D eigenvalue weighted by Crippen LogP contribution is -2.26. The molecule has 0 atom stereocenters. The minimum atomic E-state index is -3.61. The first-order valence-electron chi connectivity index (χ1n) is 6.79. The number of ether oxygens (including phenoxy) is 1. The Kier molecular flexibility index (Phi) is 6.44. The highest BCUT2D eigenvalue weighted by Gasteiger charge is 2.23.